The maximum atomic E-state index is 11.9. The number of aromatic nitrogens is 3. The highest BCUT2D eigenvalue weighted by Gasteiger charge is 2.69. The van der Waals surface area contributed by atoms with Gasteiger partial charge in [0.2, 0.25) is 5.79 Å². The normalized spacial score (nSPS) is 35.6. The lowest BCUT2D eigenvalue weighted by atomic mass is 9.58. The molecule has 2 aromatic heterocycles. The van der Waals surface area contributed by atoms with Crippen LogP contribution in [0.3, 0.4) is 0 Å². The molecule has 1 aromatic carbocycles. The molecule has 8 atom stereocenters. The predicted molar refractivity (Wildman–Crippen MR) is 149 cm³/mol. The van der Waals surface area contributed by atoms with Crippen molar-refractivity contribution in [3.8, 4) is 5.75 Å². The molecule has 11 heteroatoms. The van der Waals surface area contributed by atoms with Gasteiger partial charge in [0.15, 0.2) is 29.5 Å². The quantitative estimate of drug-likeness (QED) is 0.207. The van der Waals surface area contributed by atoms with Crippen molar-refractivity contribution < 1.29 is 33.1 Å². The highest BCUT2D eigenvalue weighted by atomic mass is 17.3. The summed E-state index contributed by atoms with van der Waals surface area (Å²) in [6.07, 6.45) is 5.71. The van der Waals surface area contributed by atoms with E-state index in [1.807, 2.05) is 32.2 Å². The molecule has 3 aromatic rings. The van der Waals surface area contributed by atoms with E-state index in [4.69, 9.17) is 33.1 Å². The number of hydrogen-bond donors (Lipinski definition) is 0. The molecular weight excluding hydrogens is 542 g/mol. The van der Waals surface area contributed by atoms with Crippen LogP contribution in [0.4, 0.5) is 0 Å². The van der Waals surface area contributed by atoms with E-state index in [2.05, 4.69) is 24.2 Å². The van der Waals surface area contributed by atoms with Crippen LogP contribution in [0.15, 0.2) is 39.7 Å². The Labute approximate surface area is 244 Å². The highest BCUT2D eigenvalue weighted by molar-refractivity contribution is 5.85. The zero-order valence-electron chi connectivity index (χ0n) is 24.6. The second-order valence-corrected chi connectivity index (χ2v) is 12.6. The average Bonchev–Trinajstić information content (AvgIpc) is 3.30. The molecule has 1 spiro atoms. The zero-order chi connectivity index (χ0) is 29.1. The van der Waals surface area contributed by atoms with Crippen molar-refractivity contribution in [2.75, 3.05) is 6.61 Å². The summed E-state index contributed by atoms with van der Waals surface area (Å²) in [7, 11) is 0. The lowest BCUT2D eigenvalue weighted by molar-refractivity contribution is -0.577. The molecule has 226 valence electrons. The Kier molecular flexibility index (Phi) is 7.13. The Hall–Kier alpha value is -2.83. The van der Waals surface area contributed by atoms with E-state index < -0.39 is 23.3 Å². The monoisotopic (exact) mass is 581 g/mol. The van der Waals surface area contributed by atoms with Crippen LogP contribution in [0.25, 0.3) is 11.0 Å². The number of benzene rings is 1. The van der Waals surface area contributed by atoms with Crippen LogP contribution < -0.4 is 10.4 Å². The molecule has 5 fully saturated rings. The molecule has 2 bridgehead atoms. The molecule has 5 aliphatic rings. The van der Waals surface area contributed by atoms with E-state index in [-0.39, 0.29) is 24.7 Å². The topological polar surface area (TPSA) is 116 Å². The Morgan fingerprint density at radius 1 is 1.14 bits per heavy atom. The maximum Gasteiger partial charge on any atom is 0.336 e. The first kappa shape index (κ1) is 28.0. The molecule has 4 saturated heterocycles. The fraction of sp³-hybridized carbons (Fsp3) is 0.645. The van der Waals surface area contributed by atoms with E-state index in [9.17, 15) is 4.79 Å². The van der Waals surface area contributed by atoms with Gasteiger partial charge < -0.3 is 23.4 Å². The molecule has 11 nitrogen and oxygen atoms in total. The minimum atomic E-state index is -0.794. The molecule has 0 N–H and O–H groups in total. The van der Waals surface area contributed by atoms with Gasteiger partial charge in [-0.15, -0.1) is 5.10 Å². The molecule has 4 aliphatic heterocycles. The van der Waals surface area contributed by atoms with Crippen molar-refractivity contribution in [2.24, 2.45) is 23.7 Å². The van der Waals surface area contributed by atoms with Gasteiger partial charge >= 0.3 is 5.63 Å². The number of nitrogens with zero attached hydrogens (tertiary/aromatic N) is 3. The maximum absolute atomic E-state index is 11.9. The van der Waals surface area contributed by atoms with Crippen LogP contribution in [0, 0.1) is 30.6 Å². The molecular formula is C31H39N3O8. The first-order chi connectivity index (χ1) is 20.3. The van der Waals surface area contributed by atoms with Crippen molar-refractivity contribution in [1.82, 2.24) is 15.0 Å². The molecule has 0 unspecified atom stereocenters. The summed E-state index contributed by atoms with van der Waals surface area (Å²) in [6.45, 7) is 9.67. The van der Waals surface area contributed by atoms with Crippen LogP contribution in [0.5, 0.6) is 5.75 Å². The van der Waals surface area contributed by atoms with Crippen LogP contribution in [0.1, 0.15) is 64.1 Å². The summed E-state index contributed by atoms with van der Waals surface area (Å²) < 4.78 is 32.4. The molecule has 1 saturated carbocycles. The van der Waals surface area contributed by atoms with E-state index in [0.29, 0.717) is 42.0 Å². The van der Waals surface area contributed by atoms with Gasteiger partial charge in [0.1, 0.15) is 12.3 Å². The molecule has 0 radical (unpaired) electrons. The summed E-state index contributed by atoms with van der Waals surface area (Å²) in [5, 5.41) is 9.32. The number of para-hydroxylation sites is 1. The zero-order valence-corrected chi connectivity index (χ0v) is 24.6. The van der Waals surface area contributed by atoms with Crippen molar-refractivity contribution in [3.05, 3.63) is 52.1 Å². The minimum absolute atomic E-state index is 0.142. The van der Waals surface area contributed by atoms with Gasteiger partial charge in [0.05, 0.1) is 12.8 Å². The van der Waals surface area contributed by atoms with Crippen molar-refractivity contribution in [1.29, 1.82) is 0 Å². The average molecular weight is 582 g/mol. The Bertz CT molecular complexity index is 1510. The number of hydrogen-bond acceptors (Lipinski definition) is 10. The van der Waals surface area contributed by atoms with Crippen molar-refractivity contribution in [3.63, 3.8) is 0 Å². The summed E-state index contributed by atoms with van der Waals surface area (Å²) in [5.74, 6) is 0.944. The number of fused-ring (bicyclic) bond motifs is 3. The van der Waals surface area contributed by atoms with E-state index in [1.165, 1.54) is 6.07 Å². The van der Waals surface area contributed by atoms with Crippen LogP contribution in [-0.2, 0) is 37.1 Å². The SMILES string of the molecule is Cc1cc(=O)oc2c(OCc3cn(CCCO[C@@H]4O[C@@H]5O[C@@]6(C)CC[C@H]7[C@H](C)CC[C@@H]([C@H]4C)[C@@]57OO6)nn3)cccc12. The van der Waals surface area contributed by atoms with E-state index in [1.54, 1.807) is 10.7 Å². The lowest BCUT2D eigenvalue weighted by Gasteiger charge is -2.60. The van der Waals surface area contributed by atoms with Crippen LogP contribution in [-0.4, -0.2) is 45.6 Å². The van der Waals surface area contributed by atoms with Crippen LogP contribution >= 0.6 is 0 Å². The smallest absolute Gasteiger partial charge is 0.336 e. The predicted octanol–water partition coefficient (Wildman–Crippen LogP) is 4.89. The first-order valence-electron chi connectivity index (χ1n) is 15.1. The van der Waals surface area contributed by atoms with Gasteiger partial charge in [-0.1, -0.05) is 31.2 Å². The third kappa shape index (κ3) is 4.75. The Morgan fingerprint density at radius 3 is 2.90 bits per heavy atom. The van der Waals surface area contributed by atoms with Gasteiger partial charge in [-0.2, -0.15) is 0 Å². The standard InChI is InChI=1S/C31H39N3O8/c1-18-9-10-24-20(3)28(39-29-31(24)23(18)11-12-30(4,40-29)41-42-31)36-14-6-13-34-16-21(32-33-34)17-37-25-8-5-7-22-19(2)15-26(35)38-27(22)25/h5,7-8,15-16,18,20,23-24,28-29H,6,9-14,17H2,1-4H3/t18-,20-,23+,24+,28-,29-,30-,31-/m1/s1. The fourth-order valence-electron chi connectivity index (χ4n) is 7.58. The van der Waals surface area contributed by atoms with Gasteiger partial charge in [-0.3, -0.25) is 4.68 Å². The lowest BCUT2D eigenvalue weighted by Crippen LogP contribution is -2.70. The Balaban J connectivity index is 0.945. The summed E-state index contributed by atoms with van der Waals surface area (Å²) in [4.78, 5) is 24.0. The Morgan fingerprint density at radius 2 is 2.02 bits per heavy atom. The van der Waals surface area contributed by atoms with Gasteiger partial charge in [-0.05, 0) is 63.0 Å². The second-order valence-electron chi connectivity index (χ2n) is 12.6. The number of aryl methyl sites for hydroxylation is 2. The molecule has 1 aliphatic carbocycles. The summed E-state index contributed by atoms with van der Waals surface area (Å²) in [5.41, 5.74) is 0.971. The van der Waals surface area contributed by atoms with E-state index >= 15 is 0 Å². The number of ether oxygens (including phenoxy) is 4. The molecule has 42 heavy (non-hydrogen) atoms. The van der Waals surface area contributed by atoms with Crippen LogP contribution in [0.2, 0.25) is 0 Å². The fourth-order valence-corrected chi connectivity index (χ4v) is 7.58. The number of rotatable bonds is 8. The van der Waals surface area contributed by atoms with Gasteiger partial charge in [0.25, 0.3) is 0 Å². The minimum Gasteiger partial charge on any atom is -0.483 e. The highest BCUT2D eigenvalue weighted by Crippen LogP contribution is 2.60. The first-order valence-corrected chi connectivity index (χ1v) is 15.1. The molecule has 6 heterocycles. The largest absolute Gasteiger partial charge is 0.483 e. The summed E-state index contributed by atoms with van der Waals surface area (Å²) >= 11 is 0. The third-order valence-electron chi connectivity index (χ3n) is 9.81. The third-order valence-corrected chi connectivity index (χ3v) is 9.81. The second kappa shape index (κ2) is 10.7. The van der Waals surface area contributed by atoms with Gasteiger partial charge in [-0.25, -0.2) is 14.6 Å². The van der Waals surface area contributed by atoms with Gasteiger partial charge in [0, 0.05) is 36.3 Å². The molecule has 0 amide bonds. The van der Waals surface area contributed by atoms with Crippen molar-refractivity contribution >= 4 is 11.0 Å². The summed E-state index contributed by atoms with van der Waals surface area (Å²) in [6, 6.07) is 7.03. The molecule has 8 rings (SSSR count). The van der Waals surface area contributed by atoms with E-state index in [0.717, 1.165) is 43.1 Å². The van der Waals surface area contributed by atoms with Crippen molar-refractivity contribution in [2.45, 2.75) is 96.9 Å².